The Kier molecular flexibility index (Phi) is 11.5. The molecule has 0 atom stereocenters. The molecule has 1 saturated carbocycles. The Hall–Kier alpha value is -0.0800. The van der Waals surface area contributed by atoms with Crippen LogP contribution in [0.1, 0.15) is 84.0 Å². The van der Waals surface area contributed by atoms with Crippen molar-refractivity contribution >= 4 is 0 Å². The molecule has 114 valence electrons. The van der Waals surface area contributed by atoms with E-state index in [9.17, 15) is 0 Å². The first-order valence-corrected chi connectivity index (χ1v) is 8.87. The first kappa shape index (κ1) is 17.0. The normalized spacial score (nSPS) is 15.0. The number of unbranched alkanes of at least 4 members (excludes halogenated alkanes) is 9. The van der Waals surface area contributed by atoms with Crippen molar-refractivity contribution in [1.29, 1.82) is 0 Å². The van der Waals surface area contributed by atoms with Gasteiger partial charge in [0, 0.05) is 19.1 Å². The van der Waals surface area contributed by atoms with Gasteiger partial charge in [0.05, 0.1) is 0 Å². The van der Waals surface area contributed by atoms with Gasteiger partial charge in [-0.2, -0.15) is 0 Å². The van der Waals surface area contributed by atoms with E-state index >= 15 is 0 Å². The average Bonchev–Trinajstić information content (AvgIpc) is 3.23. The Morgan fingerprint density at radius 2 is 1.26 bits per heavy atom. The molecule has 1 aliphatic rings. The molecular formula is C17H36N2. The second-order valence-corrected chi connectivity index (χ2v) is 6.16. The molecule has 1 aliphatic carbocycles. The zero-order valence-electron chi connectivity index (χ0n) is 13.2. The van der Waals surface area contributed by atoms with Gasteiger partial charge in [0.1, 0.15) is 0 Å². The molecule has 2 heteroatoms. The van der Waals surface area contributed by atoms with E-state index in [2.05, 4.69) is 17.6 Å². The lowest BCUT2D eigenvalue weighted by atomic mass is 10.1. The molecule has 0 aliphatic heterocycles. The number of rotatable bonds is 15. The van der Waals surface area contributed by atoms with Gasteiger partial charge in [-0.3, -0.25) is 0 Å². The van der Waals surface area contributed by atoms with Crippen LogP contribution in [0.15, 0.2) is 0 Å². The van der Waals surface area contributed by atoms with E-state index in [0.717, 1.165) is 19.1 Å². The maximum Gasteiger partial charge on any atom is 0.00793 e. The summed E-state index contributed by atoms with van der Waals surface area (Å²) >= 11 is 0. The summed E-state index contributed by atoms with van der Waals surface area (Å²) in [4.78, 5) is 0. The molecule has 0 heterocycles. The molecule has 0 bridgehead atoms. The number of hydrogen-bond acceptors (Lipinski definition) is 2. The Bertz CT molecular complexity index is 178. The van der Waals surface area contributed by atoms with Crippen molar-refractivity contribution in [2.75, 3.05) is 19.6 Å². The van der Waals surface area contributed by atoms with Crippen LogP contribution in [0.4, 0.5) is 0 Å². The lowest BCUT2D eigenvalue weighted by molar-refractivity contribution is 0.538. The van der Waals surface area contributed by atoms with Gasteiger partial charge in [-0.1, -0.05) is 64.7 Å². The average molecular weight is 268 g/mol. The maximum absolute atomic E-state index is 3.53. The van der Waals surface area contributed by atoms with Crippen LogP contribution in [0, 0.1) is 0 Å². The molecule has 2 nitrogen and oxygen atoms in total. The van der Waals surface area contributed by atoms with E-state index in [4.69, 9.17) is 0 Å². The van der Waals surface area contributed by atoms with Crippen LogP contribution < -0.4 is 10.6 Å². The molecule has 0 amide bonds. The van der Waals surface area contributed by atoms with E-state index in [1.807, 2.05) is 0 Å². The molecule has 0 unspecified atom stereocenters. The van der Waals surface area contributed by atoms with Gasteiger partial charge in [-0.05, 0) is 25.8 Å². The van der Waals surface area contributed by atoms with E-state index < -0.39 is 0 Å². The summed E-state index contributed by atoms with van der Waals surface area (Å²) in [7, 11) is 0. The first-order valence-electron chi connectivity index (χ1n) is 8.87. The van der Waals surface area contributed by atoms with Gasteiger partial charge in [0.2, 0.25) is 0 Å². The van der Waals surface area contributed by atoms with Gasteiger partial charge in [-0.15, -0.1) is 0 Å². The minimum absolute atomic E-state index is 0.860. The van der Waals surface area contributed by atoms with E-state index in [0.29, 0.717) is 0 Å². The largest absolute Gasteiger partial charge is 0.315 e. The van der Waals surface area contributed by atoms with Gasteiger partial charge in [0.25, 0.3) is 0 Å². The van der Waals surface area contributed by atoms with Crippen molar-refractivity contribution in [1.82, 2.24) is 10.6 Å². The fourth-order valence-corrected chi connectivity index (χ4v) is 2.51. The lowest BCUT2D eigenvalue weighted by Crippen LogP contribution is -2.29. The fraction of sp³-hybridized carbons (Fsp3) is 1.00. The summed E-state index contributed by atoms with van der Waals surface area (Å²) in [6, 6.07) is 0.860. The standard InChI is InChI=1S/C17H36N2/c1-2-3-4-5-6-7-8-9-10-11-14-18-15-16-19-17-12-13-17/h17-19H,2-16H2,1H3. The zero-order valence-corrected chi connectivity index (χ0v) is 13.2. The SMILES string of the molecule is CCCCCCCCCCCCNCCNC1CC1. The molecule has 0 radical (unpaired) electrons. The molecule has 1 rings (SSSR count). The van der Waals surface area contributed by atoms with Gasteiger partial charge in [-0.25, -0.2) is 0 Å². The third-order valence-electron chi connectivity index (χ3n) is 4.02. The Labute approximate surface area is 121 Å². The Morgan fingerprint density at radius 1 is 0.684 bits per heavy atom. The van der Waals surface area contributed by atoms with Crippen molar-refractivity contribution in [3.05, 3.63) is 0 Å². The molecule has 0 saturated heterocycles. The molecule has 19 heavy (non-hydrogen) atoms. The minimum Gasteiger partial charge on any atom is -0.315 e. The monoisotopic (exact) mass is 268 g/mol. The van der Waals surface area contributed by atoms with Crippen LogP contribution >= 0.6 is 0 Å². The highest BCUT2D eigenvalue weighted by atomic mass is 15.0. The fourth-order valence-electron chi connectivity index (χ4n) is 2.51. The second-order valence-electron chi connectivity index (χ2n) is 6.16. The van der Waals surface area contributed by atoms with E-state index in [1.54, 1.807) is 0 Å². The summed E-state index contributed by atoms with van der Waals surface area (Å²) in [6.07, 6.45) is 17.1. The Morgan fingerprint density at radius 3 is 1.84 bits per heavy atom. The van der Waals surface area contributed by atoms with Crippen LogP contribution in [0.25, 0.3) is 0 Å². The van der Waals surface area contributed by atoms with E-state index in [1.165, 1.54) is 83.6 Å². The van der Waals surface area contributed by atoms with Crippen molar-refractivity contribution in [2.45, 2.75) is 90.0 Å². The predicted molar refractivity (Wildman–Crippen MR) is 85.7 cm³/mol. The summed E-state index contributed by atoms with van der Waals surface area (Å²) in [6.45, 7) is 5.80. The number of nitrogens with one attached hydrogen (secondary N) is 2. The van der Waals surface area contributed by atoms with Gasteiger partial charge in [0.15, 0.2) is 0 Å². The quantitative estimate of drug-likeness (QED) is 0.434. The van der Waals surface area contributed by atoms with Crippen LogP contribution in [-0.2, 0) is 0 Å². The molecule has 0 aromatic rings. The number of hydrogen-bond donors (Lipinski definition) is 2. The summed E-state index contributed by atoms with van der Waals surface area (Å²) < 4.78 is 0. The van der Waals surface area contributed by atoms with Crippen molar-refractivity contribution in [2.24, 2.45) is 0 Å². The zero-order chi connectivity index (χ0) is 13.6. The van der Waals surface area contributed by atoms with Gasteiger partial charge >= 0.3 is 0 Å². The molecule has 2 N–H and O–H groups in total. The van der Waals surface area contributed by atoms with Crippen molar-refractivity contribution in [3.63, 3.8) is 0 Å². The van der Waals surface area contributed by atoms with E-state index in [-0.39, 0.29) is 0 Å². The first-order chi connectivity index (χ1) is 9.43. The van der Waals surface area contributed by atoms with Crippen LogP contribution in [0.3, 0.4) is 0 Å². The summed E-state index contributed by atoms with van der Waals surface area (Å²) in [5.74, 6) is 0. The lowest BCUT2D eigenvalue weighted by Gasteiger charge is -2.05. The topological polar surface area (TPSA) is 24.1 Å². The van der Waals surface area contributed by atoms with Crippen LogP contribution in [-0.4, -0.2) is 25.7 Å². The predicted octanol–water partition coefficient (Wildman–Crippen LogP) is 4.25. The van der Waals surface area contributed by atoms with Crippen molar-refractivity contribution in [3.8, 4) is 0 Å². The van der Waals surface area contributed by atoms with Crippen LogP contribution in [0.2, 0.25) is 0 Å². The molecule has 1 fully saturated rings. The molecule has 0 aromatic heterocycles. The third-order valence-corrected chi connectivity index (χ3v) is 4.02. The van der Waals surface area contributed by atoms with Crippen molar-refractivity contribution < 1.29 is 0 Å². The highest BCUT2D eigenvalue weighted by molar-refractivity contribution is 4.80. The van der Waals surface area contributed by atoms with Gasteiger partial charge < -0.3 is 10.6 Å². The second kappa shape index (κ2) is 12.9. The molecule has 0 spiro atoms. The third kappa shape index (κ3) is 12.7. The highest BCUT2D eigenvalue weighted by Gasteiger charge is 2.19. The summed E-state index contributed by atoms with van der Waals surface area (Å²) in [5, 5.41) is 7.07. The minimum atomic E-state index is 0.860. The smallest absolute Gasteiger partial charge is 0.00793 e. The summed E-state index contributed by atoms with van der Waals surface area (Å²) in [5.41, 5.74) is 0. The molecule has 0 aromatic carbocycles. The molecular weight excluding hydrogens is 232 g/mol. The highest BCUT2D eigenvalue weighted by Crippen LogP contribution is 2.17. The maximum atomic E-state index is 3.53. The Balaban J connectivity index is 1.60. The van der Waals surface area contributed by atoms with Crippen LogP contribution in [0.5, 0.6) is 0 Å².